The fourth-order valence-electron chi connectivity index (χ4n) is 4.68. The number of piperidine rings is 1. The Morgan fingerprint density at radius 1 is 1.11 bits per heavy atom. The average Bonchev–Trinajstić information content (AvgIpc) is 2.83. The number of nitrogens with zero attached hydrogens (tertiary/aromatic N) is 4. The third-order valence-corrected chi connectivity index (χ3v) is 6.75. The number of hydrogen-bond donors (Lipinski definition) is 2. The fourth-order valence-corrected chi connectivity index (χ4v) is 4.94. The summed E-state index contributed by atoms with van der Waals surface area (Å²) in [5, 5.41) is 30.1. The highest BCUT2D eigenvalue weighted by molar-refractivity contribution is 6.34. The Balaban J connectivity index is 1.80. The Bertz CT molecular complexity index is 1470. The Morgan fingerprint density at radius 3 is 2.60 bits per heavy atom. The number of phenols is 1. The standard InChI is InChI=1S/C27H23ClFN5O/c1-15-9-17(11-18(29)10-15)25-26(34-7-5-19(31)6-8-34)22-12-21(23(28)13-24(22)32-33-25)20-4-2-3-16(14-30)27(20)35/h2-4,9-13,19,35H,5-8,31H2,1H3. The van der Waals surface area contributed by atoms with E-state index in [0.29, 0.717) is 32.9 Å². The zero-order valence-corrected chi connectivity index (χ0v) is 19.8. The van der Waals surface area contributed by atoms with Crippen molar-refractivity contribution in [3.63, 3.8) is 0 Å². The number of aromatic hydroxyl groups is 1. The molecule has 0 bridgehead atoms. The molecule has 0 radical (unpaired) electrons. The lowest BCUT2D eigenvalue weighted by molar-refractivity contribution is 0.475. The van der Waals surface area contributed by atoms with Gasteiger partial charge in [-0.3, -0.25) is 0 Å². The molecule has 1 aliphatic rings. The van der Waals surface area contributed by atoms with E-state index in [2.05, 4.69) is 15.1 Å². The second kappa shape index (κ2) is 9.14. The number of rotatable bonds is 3. The molecule has 3 N–H and O–H groups in total. The molecule has 0 atom stereocenters. The van der Waals surface area contributed by atoms with Crippen molar-refractivity contribution in [2.75, 3.05) is 18.0 Å². The quantitative estimate of drug-likeness (QED) is 0.392. The van der Waals surface area contributed by atoms with Gasteiger partial charge in [0.2, 0.25) is 0 Å². The van der Waals surface area contributed by atoms with Crippen molar-refractivity contribution in [2.24, 2.45) is 5.73 Å². The van der Waals surface area contributed by atoms with Crippen molar-refractivity contribution >= 4 is 28.2 Å². The lowest BCUT2D eigenvalue weighted by Gasteiger charge is -2.33. The third kappa shape index (κ3) is 4.27. The predicted molar refractivity (Wildman–Crippen MR) is 136 cm³/mol. The highest BCUT2D eigenvalue weighted by atomic mass is 35.5. The molecule has 8 heteroatoms. The maximum Gasteiger partial charge on any atom is 0.141 e. The molecule has 0 unspecified atom stereocenters. The number of phenolic OH excluding ortho intramolecular Hbond substituents is 1. The molecule has 5 rings (SSSR count). The van der Waals surface area contributed by atoms with Gasteiger partial charge in [0.1, 0.15) is 23.3 Å². The lowest BCUT2D eigenvalue weighted by atomic mass is 9.96. The number of hydrogen-bond acceptors (Lipinski definition) is 6. The van der Waals surface area contributed by atoms with Gasteiger partial charge in [-0.25, -0.2) is 4.39 Å². The zero-order chi connectivity index (χ0) is 24.7. The minimum atomic E-state index is -0.344. The van der Waals surface area contributed by atoms with Crippen LogP contribution in [-0.2, 0) is 0 Å². The summed E-state index contributed by atoms with van der Waals surface area (Å²) >= 11 is 6.62. The number of aromatic nitrogens is 2. The Morgan fingerprint density at radius 2 is 1.89 bits per heavy atom. The monoisotopic (exact) mass is 487 g/mol. The van der Waals surface area contributed by atoms with Crippen LogP contribution in [0, 0.1) is 24.1 Å². The van der Waals surface area contributed by atoms with E-state index >= 15 is 0 Å². The third-order valence-electron chi connectivity index (χ3n) is 6.44. The predicted octanol–water partition coefficient (Wildman–Crippen LogP) is 5.57. The van der Waals surface area contributed by atoms with Crippen LogP contribution in [-0.4, -0.2) is 34.4 Å². The first-order chi connectivity index (χ1) is 16.9. The summed E-state index contributed by atoms with van der Waals surface area (Å²) in [5.74, 6) is -0.478. The Kier molecular flexibility index (Phi) is 6.01. The van der Waals surface area contributed by atoms with Crippen LogP contribution in [0.5, 0.6) is 5.75 Å². The number of halogens is 2. The lowest BCUT2D eigenvalue weighted by Crippen LogP contribution is -2.40. The molecule has 176 valence electrons. The van der Waals surface area contributed by atoms with Crippen LogP contribution in [0.25, 0.3) is 33.3 Å². The molecular weight excluding hydrogens is 465 g/mol. The summed E-state index contributed by atoms with van der Waals surface area (Å²) in [4.78, 5) is 2.21. The normalized spacial score (nSPS) is 14.3. The smallest absolute Gasteiger partial charge is 0.141 e. The molecule has 0 saturated carbocycles. The van der Waals surface area contributed by atoms with E-state index < -0.39 is 0 Å². The maximum atomic E-state index is 14.4. The molecule has 1 aromatic heterocycles. The topological polar surface area (TPSA) is 99.1 Å². The Hall–Kier alpha value is -3.73. The molecule has 0 aliphatic carbocycles. The number of nitrogens with two attached hydrogens (primary N) is 1. The minimum absolute atomic E-state index is 0.128. The number of aryl methyl sites for hydroxylation is 1. The Labute approximate surface area is 207 Å². The van der Waals surface area contributed by atoms with Gasteiger partial charge in [-0.15, -0.1) is 10.2 Å². The summed E-state index contributed by atoms with van der Waals surface area (Å²) in [7, 11) is 0. The summed E-state index contributed by atoms with van der Waals surface area (Å²) < 4.78 is 14.4. The van der Waals surface area contributed by atoms with E-state index in [1.54, 1.807) is 24.3 Å². The minimum Gasteiger partial charge on any atom is -0.506 e. The summed E-state index contributed by atoms with van der Waals surface area (Å²) in [5.41, 5.74) is 10.7. The fraction of sp³-hybridized carbons (Fsp3) is 0.222. The van der Waals surface area contributed by atoms with Gasteiger partial charge in [-0.1, -0.05) is 23.7 Å². The molecule has 4 aromatic rings. The van der Waals surface area contributed by atoms with Crippen molar-refractivity contribution < 1.29 is 9.50 Å². The van der Waals surface area contributed by atoms with Gasteiger partial charge in [-0.2, -0.15) is 5.26 Å². The molecule has 1 fully saturated rings. The highest BCUT2D eigenvalue weighted by Gasteiger charge is 2.25. The number of nitriles is 1. The van der Waals surface area contributed by atoms with Crippen molar-refractivity contribution in [2.45, 2.75) is 25.8 Å². The van der Waals surface area contributed by atoms with Crippen LogP contribution in [0.4, 0.5) is 10.1 Å². The first kappa shape index (κ1) is 23.0. The average molecular weight is 488 g/mol. The van der Waals surface area contributed by atoms with E-state index in [9.17, 15) is 14.8 Å². The molecule has 0 spiro atoms. The van der Waals surface area contributed by atoms with Crippen LogP contribution in [0.15, 0.2) is 48.5 Å². The molecule has 1 aliphatic heterocycles. The van der Waals surface area contributed by atoms with Gasteiger partial charge in [0, 0.05) is 41.2 Å². The highest BCUT2D eigenvalue weighted by Crippen LogP contribution is 2.43. The van der Waals surface area contributed by atoms with Gasteiger partial charge < -0.3 is 15.7 Å². The summed E-state index contributed by atoms with van der Waals surface area (Å²) in [6, 6.07) is 15.5. The van der Waals surface area contributed by atoms with Crippen molar-refractivity contribution in [3.05, 3.63) is 70.5 Å². The molecule has 3 aromatic carbocycles. The van der Waals surface area contributed by atoms with E-state index in [-0.39, 0.29) is 23.2 Å². The van der Waals surface area contributed by atoms with Crippen molar-refractivity contribution in [3.8, 4) is 34.2 Å². The zero-order valence-electron chi connectivity index (χ0n) is 19.1. The van der Waals surface area contributed by atoms with Gasteiger partial charge in [0.25, 0.3) is 0 Å². The summed E-state index contributed by atoms with van der Waals surface area (Å²) in [6.45, 7) is 3.27. The van der Waals surface area contributed by atoms with Crippen LogP contribution in [0.1, 0.15) is 24.0 Å². The number of anilines is 1. The van der Waals surface area contributed by atoms with E-state index in [4.69, 9.17) is 17.3 Å². The molecule has 2 heterocycles. The second-order valence-corrected chi connectivity index (χ2v) is 9.31. The molecular formula is C27H23ClFN5O. The van der Waals surface area contributed by atoms with Crippen molar-refractivity contribution in [1.29, 1.82) is 5.26 Å². The van der Waals surface area contributed by atoms with Crippen LogP contribution in [0.3, 0.4) is 0 Å². The van der Waals surface area contributed by atoms with Gasteiger partial charge >= 0.3 is 0 Å². The molecule has 0 amide bonds. The van der Waals surface area contributed by atoms with E-state index in [0.717, 1.165) is 42.6 Å². The van der Waals surface area contributed by atoms with Crippen molar-refractivity contribution in [1.82, 2.24) is 10.2 Å². The SMILES string of the molecule is Cc1cc(F)cc(-c2nnc3cc(Cl)c(-c4cccc(C#N)c4O)cc3c2N2CCC(N)CC2)c1. The van der Waals surface area contributed by atoms with E-state index in [1.165, 1.54) is 12.1 Å². The summed E-state index contributed by atoms with van der Waals surface area (Å²) in [6.07, 6.45) is 1.63. The number of benzene rings is 3. The molecule has 6 nitrogen and oxygen atoms in total. The van der Waals surface area contributed by atoms with E-state index in [1.807, 2.05) is 25.1 Å². The van der Waals surface area contributed by atoms with Gasteiger partial charge in [-0.05, 0) is 61.7 Å². The maximum absolute atomic E-state index is 14.4. The molecule has 1 saturated heterocycles. The molecule has 35 heavy (non-hydrogen) atoms. The second-order valence-electron chi connectivity index (χ2n) is 8.90. The number of para-hydroxylation sites is 1. The number of fused-ring (bicyclic) bond motifs is 1. The van der Waals surface area contributed by atoms with Crippen LogP contribution >= 0.6 is 11.6 Å². The first-order valence-corrected chi connectivity index (χ1v) is 11.7. The van der Waals surface area contributed by atoms with Crippen LogP contribution < -0.4 is 10.6 Å². The van der Waals surface area contributed by atoms with Crippen LogP contribution in [0.2, 0.25) is 5.02 Å². The van der Waals surface area contributed by atoms with Gasteiger partial charge in [0.05, 0.1) is 21.8 Å². The first-order valence-electron chi connectivity index (χ1n) is 11.4. The van der Waals surface area contributed by atoms with Gasteiger partial charge in [0.15, 0.2) is 0 Å². The largest absolute Gasteiger partial charge is 0.506 e.